The zero-order chi connectivity index (χ0) is 13.6. The third kappa shape index (κ3) is 7.23. The molecular formula is C11H22N2O3S. The molecule has 2 N–H and O–H groups in total. The topological polar surface area (TPSA) is 72.6 Å². The van der Waals surface area contributed by atoms with E-state index in [0.717, 1.165) is 0 Å². The maximum atomic E-state index is 11.7. The molecule has 100 valence electrons. The molecule has 0 aliphatic heterocycles. The predicted octanol–water partition coefficient (Wildman–Crippen LogP) is 0.477. The molecular weight excluding hydrogens is 240 g/mol. The van der Waals surface area contributed by atoms with Crippen LogP contribution in [0.1, 0.15) is 20.8 Å². The molecule has 5 nitrogen and oxygen atoms in total. The average molecular weight is 262 g/mol. The van der Waals surface area contributed by atoms with Crippen LogP contribution in [-0.2, 0) is 14.3 Å². The van der Waals surface area contributed by atoms with Crippen molar-refractivity contribution in [2.45, 2.75) is 32.4 Å². The van der Waals surface area contributed by atoms with Gasteiger partial charge in [0.1, 0.15) is 12.1 Å². The fourth-order valence-corrected chi connectivity index (χ4v) is 1.68. The summed E-state index contributed by atoms with van der Waals surface area (Å²) in [5.41, 5.74) is 5.13. The van der Waals surface area contributed by atoms with Gasteiger partial charge in [-0.3, -0.25) is 9.59 Å². The van der Waals surface area contributed by atoms with Crippen molar-refractivity contribution in [3.63, 3.8) is 0 Å². The number of ether oxygens (including phenoxy) is 1. The number of hydrogen-bond acceptors (Lipinski definition) is 5. The van der Waals surface area contributed by atoms with E-state index in [1.807, 2.05) is 6.26 Å². The second kappa shape index (κ2) is 6.86. The highest BCUT2D eigenvalue weighted by atomic mass is 32.2. The summed E-state index contributed by atoms with van der Waals surface area (Å²) in [6.45, 7) is 5.28. The van der Waals surface area contributed by atoms with Crippen LogP contribution in [0, 0.1) is 0 Å². The maximum Gasteiger partial charge on any atom is 0.326 e. The first kappa shape index (κ1) is 16.2. The highest BCUT2D eigenvalue weighted by molar-refractivity contribution is 7.98. The molecule has 0 heterocycles. The van der Waals surface area contributed by atoms with Crippen LogP contribution in [-0.4, -0.2) is 54.0 Å². The van der Waals surface area contributed by atoms with Gasteiger partial charge < -0.3 is 15.4 Å². The second-order valence-electron chi connectivity index (χ2n) is 4.84. The van der Waals surface area contributed by atoms with Crippen molar-refractivity contribution < 1.29 is 14.3 Å². The van der Waals surface area contributed by atoms with Crippen molar-refractivity contribution in [3.05, 3.63) is 0 Å². The first-order valence-electron chi connectivity index (χ1n) is 5.38. The first-order chi connectivity index (χ1) is 7.67. The summed E-state index contributed by atoms with van der Waals surface area (Å²) < 4.78 is 5.12. The normalized spacial score (nSPS) is 13.1. The van der Waals surface area contributed by atoms with E-state index < -0.39 is 17.6 Å². The molecule has 0 spiro atoms. The molecule has 0 rings (SSSR count). The van der Waals surface area contributed by atoms with Crippen LogP contribution in [0.2, 0.25) is 0 Å². The van der Waals surface area contributed by atoms with Crippen LogP contribution in [0.25, 0.3) is 0 Å². The Bertz CT molecular complexity index is 276. The number of rotatable bonds is 5. The fraction of sp³-hybridized carbons (Fsp3) is 0.818. The van der Waals surface area contributed by atoms with E-state index in [4.69, 9.17) is 10.5 Å². The van der Waals surface area contributed by atoms with E-state index in [1.54, 1.807) is 27.8 Å². The number of carbonyl (C=O) groups excluding carboxylic acids is 2. The SMILES string of the molecule is CSCC(N)C(=O)N(C)CC(=O)OC(C)(C)C. The lowest BCUT2D eigenvalue weighted by Gasteiger charge is -2.24. The van der Waals surface area contributed by atoms with E-state index >= 15 is 0 Å². The van der Waals surface area contributed by atoms with E-state index in [2.05, 4.69) is 0 Å². The monoisotopic (exact) mass is 262 g/mol. The predicted molar refractivity (Wildman–Crippen MR) is 69.8 cm³/mol. The van der Waals surface area contributed by atoms with Gasteiger partial charge in [0.2, 0.25) is 5.91 Å². The van der Waals surface area contributed by atoms with Gasteiger partial charge in [0, 0.05) is 12.8 Å². The molecule has 0 radical (unpaired) electrons. The molecule has 6 heteroatoms. The van der Waals surface area contributed by atoms with Crippen molar-refractivity contribution in [3.8, 4) is 0 Å². The Hall–Kier alpha value is -0.750. The quantitative estimate of drug-likeness (QED) is 0.729. The Labute approximate surface area is 107 Å². The third-order valence-corrected chi connectivity index (χ3v) is 2.52. The van der Waals surface area contributed by atoms with Gasteiger partial charge in [0.15, 0.2) is 0 Å². The summed E-state index contributed by atoms with van der Waals surface area (Å²) in [7, 11) is 1.55. The van der Waals surface area contributed by atoms with E-state index in [1.165, 1.54) is 16.7 Å². The molecule has 0 aliphatic carbocycles. The highest BCUT2D eigenvalue weighted by Gasteiger charge is 2.22. The fourth-order valence-electron chi connectivity index (χ4n) is 1.18. The highest BCUT2D eigenvalue weighted by Crippen LogP contribution is 2.07. The van der Waals surface area contributed by atoms with Gasteiger partial charge in [-0.1, -0.05) is 0 Å². The van der Waals surface area contributed by atoms with Gasteiger partial charge >= 0.3 is 5.97 Å². The summed E-state index contributed by atoms with van der Waals surface area (Å²) in [6, 6.07) is -0.572. The third-order valence-electron chi connectivity index (χ3n) is 1.83. The summed E-state index contributed by atoms with van der Waals surface area (Å²) in [6.07, 6.45) is 1.88. The van der Waals surface area contributed by atoms with Crippen LogP contribution in [0.4, 0.5) is 0 Å². The lowest BCUT2D eigenvalue weighted by Crippen LogP contribution is -2.46. The molecule has 1 amide bonds. The van der Waals surface area contributed by atoms with Gasteiger partial charge in [-0.15, -0.1) is 0 Å². The zero-order valence-corrected chi connectivity index (χ0v) is 12.0. The van der Waals surface area contributed by atoms with E-state index in [9.17, 15) is 9.59 Å². The van der Waals surface area contributed by atoms with Crippen molar-refractivity contribution >= 4 is 23.6 Å². The van der Waals surface area contributed by atoms with Crippen molar-refractivity contribution in [2.24, 2.45) is 5.73 Å². The smallest absolute Gasteiger partial charge is 0.326 e. The Morgan fingerprint density at radius 3 is 2.35 bits per heavy atom. The number of likely N-dealkylation sites (N-methyl/N-ethyl adjacent to an activating group) is 1. The number of amides is 1. The molecule has 1 atom stereocenters. The van der Waals surface area contributed by atoms with E-state index in [-0.39, 0.29) is 12.5 Å². The Kier molecular flexibility index (Phi) is 6.56. The minimum Gasteiger partial charge on any atom is -0.459 e. The van der Waals surface area contributed by atoms with Crippen molar-refractivity contribution in [1.29, 1.82) is 0 Å². The molecule has 0 bridgehead atoms. The molecule has 0 aromatic rings. The van der Waals surface area contributed by atoms with Crippen molar-refractivity contribution in [1.82, 2.24) is 4.90 Å². The average Bonchev–Trinajstić information content (AvgIpc) is 2.13. The van der Waals surface area contributed by atoms with E-state index in [0.29, 0.717) is 5.75 Å². The number of nitrogens with zero attached hydrogens (tertiary/aromatic N) is 1. The Morgan fingerprint density at radius 2 is 1.94 bits per heavy atom. The van der Waals surface area contributed by atoms with Crippen LogP contribution >= 0.6 is 11.8 Å². The van der Waals surface area contributed by atoms with Crippen molar-refractivity contribution in [2.75, 3.05) is 25.6 Å². The molecule has 0 saturated carbocycles. The number of carbonyl (C=O) groups is 2. The molecule has 0 fully saturated rings. The standard InChI is InChI=1S/C11H22N2O3S/c1-11(2,3)16-9(14)6-13(4)10(15)8(12)7-17-5/h8H,6-7,12H2,1-5H3. The molecule has 17 heavy (non-hydrogen) atoms. The zero-order valence-electron chi connectivity index (χ0n) is 11.1. The van der Waals surface area contributed by atoms with Gasteiger partial charge in [-0.25, -0.2) is 0 Å². The number of hydrogen-bond donors (Lipinski definition) is 1. The van der Waals surface area contributed by atoms with Crippen LogP contribution < -0.4 is 5.73 Å². The summed E-state index contributed by atoms with van der Waals surface area (Å²) >= 11 is 1.50. The first-order valence-corrected chi connectivity index (χ1v) is 6.78. The summed E-state index contributed by atoms with van der Waals surface area (Å²) in [5.74, 6) is -0.132. The van der Waals surface area contributed by atoms with Gasteiger partial charge in [0.05, 0.1) is 6.04 Å². The maximum absolute atomic E-state index is 11.7. The number of esters is 1. The van der Waals surface area contributed by atoms with Crippen LogP contribution in [0.15, 0.2) is 0 Å². The molecule has 0 aromatic carbocycles. The number of nitrogens with two attached hydrogens (primary N) is 1. The summed E-state index contributed by atoms with van der Waals surface area (Å²) in [5, 5.41) is 0. The lowest BCUT2D eigenvalue weighted by atomic mass is 10.2. The molecule has 0 aromatic heterocycles. The second-order valence-corrected chi connectivity index (χ2v) is 5.75. The minimum absolute atomic E-state index is 0.0712. The van der Waals surface area contributed by atoms with Gasteiger partial charge in [-0.05, 0) is 27.0 Å². The Morgan fingerprint density at radius 1 is 1.41 bits per heavy atom. The minimum atomic E-state index is -0.572. The summed E-state index contributed by atoms with van der Waals surface area (Å²) in [4.78, 5) is 24.5. The lowest BCUT2D eigenvalue weighted by molar-refractivity contribution is -0.158. The molecule has 0 aliphatic rings. The van der Waals surface area contributed by atoms with Crippen LogP contribution in [0.5, 0.6) is 0 Å². The van der Waals surface area contributed by atoms with Crippen LogP contribution in [0.3, 0.4) is 0 Å². The largest absolute Gasteiger partial charge is 0.459 e. The Balaban J connectivity index is 4.21. The number of thioether (sulfide) groups is 1. The molecule has 1 unspecified atom stereocenters. The molecule has 0 saturated heterocycles. The van der Waals surface area contributed by atoms with Gasteiger partial charge in [-0.2, -0.15) is 11.8 Å². The van der Waals surface area contributed by atoms with Gasteiger partial charge in [0.25, 0.3) is 0 Å².